The van der Waals surface area contributed by atoms with Crippen LogP contribution in [0.1, 0.15) is 30.4 Å². The molecule has 0 spiro atoms. The quantitative estimate of drug-likeness (QED) is 0.155. The number of halogens is 2. The Kier molecular flexibility index (Phi) is 9.88. The summed E-state index contributed by atoms with van der Waals surface area (Å²) >= 11 is 12.5. The first kappa shape index (κ1) is 31.3. The molecule has 2 N–H and O–H groups in total. The zero-order valence-electron chi connectivity index (χ0n) is 25.7. The van der Waals surface area contributed by atoms with E-state index in [1.807, 2.05) is 55.5 Å². The second-order valence-corrected chi connectivity index (χ2v) is 12.6. The van der Waals surface area contributed by atoms with Crippen molar-refractivity contribution < 1.29 is 19.0 Å². The van der Waals surface area contributed by atoms with E-state index in [2.05, 4.69) is 39.8 Å². The second-order valence-electron chi connectivity index (χ2n) is 11.8. The molecule has 9 heteroatoms. The van der Waals surface area contributed by atoms with E-state index in [-0.39, 0.29) is 23.9 Å². The fourth-order valence-electron chi connectivity index (χ4n) is 6.10. The van der Waals surface area contributed by atoms with Crippen LogP contribution in [0.3, 0.4) is 0 Å². The summed E-state index contributed by atoms with van der Waals surface area (Å²) in [4.78, 5) is 16.2. The minimum atomic E-state index is -0.181. The van der Waals surface area contributed by atoms with Crippen molar-refractivity contribution in [3.63, 3.8) is 0 Å². The Balaban J connectivity index is 1.08. The number of benzene rings is 4. The van der Waals surface area contributed by atoms with Crippen LogP contribution in [0.25, 0.3) is 10.8 Å². The van der Waals surface area contributed by atoms with Crippen molar-refractivity contribution in [3.05, 3.63) is 94.0 Å². The maximum atomic E-state index is 14.2. The van der Waals surface area contributed by atoms with E-state index >= 15 is 0 Å². The Hall–Kier alpha value is -3.65. The highest BCUT2D eigenvalue weighted by atomic mass is 35.5. The zero-order valence-corrected chi connectivity index (χ0v) is 27.2. The molecule has 2 atom stereocenters. The van der Waals surface area contributed by atoms with Crippen LogP contribution in [0.5, 0.6) is 17.2 Å². The molecule has 1 saturated carbocycles. The number of nitrogens with zero attached hydrogens (tertiary/aromatic N) is 1. The molecular formula is C36H39Cl2N3O4. The predicted molar refractivity (Wildman–Crippen MR) is 181 cm³/mol. The van der Waals surface area contributed by atoms with Crippen molar-refractivity contribution in [2.75, 3.05) is 38.7 Å². The number of carbonyl (C=O) groups excluding carboxylic acids is 1. The van der Waals surface area contributed by atoms with E-state index in [1.165, 1.54) is 0 Å². The number of hydrogen-bond donors (Lipinski definition) is 2. The summed E-state index contributed by atoms with van der Waals surface area (Å²) in [6.45, 7) is 4.63. The van der Waals surface area contributed by atoms with Gasteiger partial charge in [-0.1, -0.05) is 59.6 Å². The number of methoxy groups -OCH3 is 1. The standard InChI is InChI=1S/C36H39Cl2N3O4/c1-23-19-31(37)35(32(38)20-23)45-18-17-44-28-13-9-26(10-14-28)40-33-15-16-39-21-30(33)36(42)41(27-11-12-27)22-25-8-7-24-5-3-4-6-29(24)34(25)43-2/h3-10,13-14,19-20,27,30,33,39-40H,11-12,15-18,21-22H2,1-2H3/t30?,33-/m0/s1. The Morgan fingerprint density at radius 1 is 0.933 bits per heavy atom. The molecule has 1 unspecified atom stereocenters. The Morgan fingerprint density at radius 2 is 1.67 bits per heavy atom. The maximum Gasteiger partial charge on any atom is 0.229 e. The summed E-state index contributed by atoms with van der Waals surface area (Å²) in [5, 5.41) is 10.3. The number of fused-ring (bicyclic) bond motifs is 1. The lowest BCUT2D eigenvalue weighted by Crippen LogP contribution is -2.52. The lowest BCUT2D eigenvalue weighted by molar-refractivity contribution is -0.137. The number of piperidine rings is 1. The average Bonchev–Trinajstić information content (AvgIpc) is 3.89. The van der Waals surface area contributed by atoms with Gasteiger partial charge in [0.15, 0.2) is 5.75 Å². The van der Waals surface area contributed by atoms with Crippen molar-refractivity contribution >= 4 is 45.6 Å². The van der Waals surface area contributed by atoms with Crippen molar-refractivity contribution in [1.82, 2.24) is 10.2 Å². The molecule has 1 aliphatic carbocycles. The number of carbonyl (C=O) groups is 1. The van der Waals surface area contributed by atoms with Gasteiger partial charge < -0.3 is 29.7 Å². The van der Waals surface area contributed by atoms with Crippen molar-refractivity contribution in [1.29, 1.82) is 0 Å². The molecule has 2 fully saturated rings. The van der Waals surface area contributed by atoms with E-state index in [0.717, 1.165) is 64.9 Å². The molecule has 1 saturated heterocycles. The van der Waals surface area contributed by atoms with Crippen LogP contribution in [-0.2, 0) is 11.3 Å². The van der Waals surface area contributed by atoms with Gasteiger partial charge in [0, 0.05) is 41.8 Å². The van der Waals surface area contributed by atoms with Gasteiger partial charge in [-0.2, -0.15) is 0 Å². The molecule has 4 aromatic rings. The summed E-state index contributed by atoms with van der Waals surface area (Å²) in [7, 11) is 1.71. The monoisotopic (exact) mass is 647 g/mol. The van der Waals surface area contributed by atoms with Crippen LogP contribution in [0.15, 0.2) is 72.8 Å². The van der Waals surface area contributed by atoms with E-state index in [4.69, 9.17) is 37.4 Å². The number of hydrogen-bond acceptors (Lipinski definition) is 6. The molecule has 0 radical (unpaired) electrons. The van der Waals surface area contributed by atoms with Gasteiger partial charge in [-0.15, -0.1) is 0 Å². The minimum absolute atomic E-state index is 0.0164. The Bertz CT molecular complexity index is 1620. The van der Waals surface area contributed by atoms with E-state index in [0.29, 0.717) is 42.1 Å². The number of amides is 1. The summed E-state index contributed by atoms with van der Waals surface area (Å²) in [6, 6.07) is 24.2. The average molecular weight is 649 g/mol. The lowest BCUT2D eigenvalue weighted by Gasteiger charge is -2.36. The lowest BCUT2D eigenvalue weighted by atomic mass is 9.91. The molecule has 0 bridgehead atoms. The normalized spacial score (nSPS) is 18.0. The maximum absolute atomic E-state index is 14.2. The van der Waals surface area contributed by atoms with Crippen LogP contribution in [0.2, 0.25) is 10.0 Å². The van der Waals surface area contributed by atoms with Crippen molar-refractivity contribution in [2.45, 2.75) is 44.8 Å². The molecule has 4 aromatic carbocycles. The van der Waals surface area contributed by atoms with E-state index < -0.39 is 0 Å². The van der Waals surface area contributed by atoms with Crippen LogP contribution >= 0.6 is 23.2 Å². The van der Waals surface area contributed by atoms with Crippen LogP contribution in [-0.4, -0.2) is 56.3 Å². The van der Waals surface area contributed by atoms with Gasteiger partial charge in [0.1, 0.15) is 24.7 Å². The molecule has 7 nitrogen and oxygen atoms in total. The topological polar surface area (TPSA) is 72.1 Å². The molecular weight excluding hydrogens is 609 g/mol. The third-order valence-corrected chi connectivity index (χ3v) is 9.08. The van der Waals surface area contributed by atoms with Crippen LogP contribution in [0.4, 0.5) is 5.69 Å². The van der Waals surface area contributed by atoms with Gasteiger partial charge in [0.25, 0.3) is 0 Å². The molecule has 6 rings (SSSR count). The van der Waals surface area contributed by atoms with Gasteiger partial charge in [0.05, 0.1) is 23.1 Å². The first-order valence-electron chi connectivity index (χ1n) is 15.5. The van der Waals surface area contributed by atoms with Gasteiger partial charge in [-0.3, -0.25) is 4.79 Å². The molecule has 0 aromatic heterocycles. The highest BCUT2D eigenvalue weighted by molar-refractivity contribution is 6.37. The first-order chi connectivity index (χ1) is 21.9. The summed E-state index contributed by atoms with van der Waals surface area (Å²) in [5.74, 6) is 2.05. The third-order valence-electron chi connectivity index (χ3n) is 8.52. The highest BCUT2D eigenvalue weighted by Crippen LogP contribution is 2.36. The SMILES string of the molecule is COc1c(CN(C(=O)C2CNCC[C@@H]2Nc2ccc(OCCOc3c(Cl)cc(C)cc3Cl)cc2)C2CC2)ccc2ccccc12. The fraction of sp³-hybridized carbons (Fsp3) is 0.361. The fourth-order valence-corrected chi connectivity index (χ4v) is 6.81. The molecule has 1 amide bonds. The highest BCUT2D eigenvalue weighted by Gasteiger charge is 2.40. The Labute approximate surface area is 274 Å². The number of rotatable bonds is 12. The summed E-state index contributed by atoms with van der Waals surface area (Å²) in [6.07, 6.45) is 2.93. The molecule has 1 aliphatic heterocycles. The largest absolute Gasteiger partial charge is 0.496 e. The minimum Gasteiger partial charge on any atom is -0.496 e. The van der Waals surface area contributed by atoms with Gasteiger partial charge in [0.2, 0.25) is 5.91 Å². The van der Waals surface area contributed by atoms with Crippen LogP contribution < -0.4 is 24.8 Å². The van der Waals surface area contributed by atoms with E-state index in [9.17, 15) is 4.79 Å². The predicted octanol–water partition coefficient (Wildman–Crippen LogP) is 7.50. The second kappa shape index (κ2) is 14.2. The third kappa shape index (κ3) is 7.43. The smallest absolute Gasteiger partial charge is 0.229 e. The Morgan fingerprint density at radius 3 is 2.40 bits per heavy atom. The van der Waals surface area contributed by atoms with E-state index in [1.54, 1.807) is 7.11 Å². The number of aryl methyl sites for hydroxylation is 1. The number of nitrogens with one attached hydrogen (secondary N) is 2. The first-order valence-corrected chi connectivity index (χ1v) is 16.3. The van der Waals surface area contributed by atoms with Crippen molar-refractivity contribution in [3.8, 4) is 17.2 Å². The number of ether oxygens (including phenoxy) is 3. The van der Waals surface area contributed by atoms with Gasteiger partial charge >= 0.3 is 0 Å². The number of anilines is 1. The van der Waals surface area contributed by atoms with Gasteiger partial charge in [-0.25, -0.2) is 0 Å². The van der Waals surface area contributed by atoms with Crippen molar-refractivity contribution in [2.24, 2.45) is 5.92 Å². The molecule has 236 valence electrons. The molecule has 1 heterocycles. The molecule has 2 aliphatic rings. The van der Waals surface area contributed by atoms with Gasteiger partial charge in [-0.05, 0) is 80.1 Å². The molecule has 45 heavy (non-hydrogen) atoms. The summed E-state index contributed by atoms with van der Waals surface area (Å²) in [5.41, 5.74) is 2.97. The zero-order chi connectivity index (χ0) is 31.3. The van der Waals surface area contributed by atoms with Crippen LogP contribution in [0, 0.1) is 12.8 Å². The summed E-state index contributed by atoms with van der Waals surface area (Å²) < 4.78 is 17.5.